The molecule has 0 amide bonds. The van der Waals surface area contributed by atoms with Crippen LogP contribution < -0.4 is 39.8 Å². The van der Waals surface area contributed by atoms with E-state index in [9.17, 15) is 28.8 Å². The predicted molar refractivity (Wildman–Crippen MR) is 269 cm³/mol. The van der Waals surface area contributed by atoms with E-state index in [0.29, 0.717) is 77.3 Å². The minimum absolute atomic E-state index is 0.204. The van der Waals surface area contributed by atoms with Gasteiger partial charge in [-0.1, -0.05) is 182 Å². The van der Waals surface area contributed by atoms with Crippen molar-refractivity contribution in [3.63, 3.8) is 0 Å². The highest BCUT2D eigenvalue weighted by atomic mass is 16.6. The van der Waals surface area contributed by atoms with E-state index >= 15 is 0 Å². The number of ether oxygens (including phenoxy) is 6. The smallest absolute Gasteiger partial charge is 0.348 e. The first-order chi connectivity index (χ1) is 36.2. The number of esters is 6. The monoisotopic (exact) mass is 970 g/mol. The molecule has 0 radical (unpaired) electrons. The van der Waals surface area contributed by atoms with E-state index in [4.69, 9.17) is 28.4 Å². The highest BCUT2D eigenvalue weighted by molar-refractivity contribution is 6.25. The predicted octanol–water partition coefficient (Wildman–Crippen LogP) is 6.77. The molecule has 0 unspecified atom stereocenters. The van der Waals surface area contributed by atoms with Crippen LogP contribution in [0.5, 0.6) is 23.0 Å². The Morgan fingerprint density at radius 3 is 0.757 bits per heavy atom. The maximum atomic E-state index is 12.5. The second-order valence-corrected chi connectivity index (χ2v) is 17.1. The molecular formula is C62H34O12. The van der Waals surface area contributed by atoms with Crippen molar-refractivity contribution in [3.8, 4) is 23.0 Å². The van der Waals surface area contributed by atoms with Gasteiger partial charge in [-0.15, -0.1) is 0 Å². The molecule has 8 aromatic rings. The molecule has 6 heterocycles. The molecule has 0 spiro atoms. The average Bonchev–Trinajstić information content (AvgIpc) is 4.28. The third kappa shape index (κ3) is 7.76. The number of benzene rings is 8. The van der Waals surface area contributed by atoms with Gasteiger partial charge < -0.3 is 28.4 Å². The minimum atomic E-state index is -0.557. The van der Waals surface area contributed by atoms with E-state index < -0.39 is 35.8 Å². The van der Waals surface area contributed by atoms with Gasteiger partial charge in [-0.3, -0.25) is 0 Å². The van der Waals surface area contributed by atoms with E-state index in [0.717, 1.165) is 22.3 Å². The Balaban J connectivity index is 0.000000113. The van der Waals surface area contributed by atoms with Gasteiger partial charge in [0.2, 0.25) is 0 Å². The summed E-state index contributed by atoms with van der Waals surface area (Å²) in [5.41, 5.74) is 6.76. The molecule has 0 aliphatic carbocycles. The summed E-state index contributed by atoms with van der Waals surface area (Å²) in [6.07, 6.45) is 0. The Hall–Kier alpha value is -10.5. The highest BCUT2D eigenvalue weighted by Gasteiger charge is 2.45. The van der Waals surface area contributed by atoms with Crippen LogP contribution in [0.1, 0.15) is 33.4 Å². The lowest BCUT2D eigenvalue weighted by atomic mass is 10.0. The van der Waals surface area contributed by atoms with Gasteiger partial charge in [0.1, 0.15) is 22.6 Å². The quantitative estimate of drug-likeness (QED) is 0.128. The fraction of sp³-hybridized carbons (Fsp3) is 0. The molecule has 12 heteroatoms. The van der Waals surface area contributed by atoms with Crippen LogP contribution in [0, 0.1) is 0 Å². The first kappa shape index (κ1) is 44.7. The molecule has 6 aliphatic rings. The zero-order valence-corrected chi connectivity index (χ0v) is 38.5. The number of cyclic esters (lactones) is 2. The van der Waals surface area contributed by atoms with Gasteiger partial charge in [-0.25, -0.2) is 28.8 Å². The zero-order chi connectivity index (χ0) is 50.5. The number of carbonyl (C=O) groups is 6. The maximum absolute atomic E-state index is 12.5. The van der Waals surface area contributed by atoms with Crippen molar-refractivity contribution >= 4 is 69.6 Å². The standard InChI is InChI=1S/2C22H12O4.C18H10O4/c23-21-19(13-7-3-1-4-8-13)15-11-18-16(12-17(15)25-21)20(22(24)26-18)14-9-5-2-6-10-14;23-21-17(13-7-3-1-4-8-13)15-11-12-16-18(14-9-5-2-6-10-14)22(24)26-20(16)19(15)25-21;19-17-13-14(16(22-17)12-9-5-2-6-10-12)18(20)21-15(13)11-7-3-1-4-8-11/h2*1-12H;1-10H. The zero-order valence-electron chi connectivity index (χ0n) is 38.5. The summed E-state index contributed by atoms with van der Waals surface area (Å²) < 4.78 is 32.5. The van der Waals surface area contributed by atoms with Crippen molar-refractivity contribution < 1.29 is 57.2 Å². The van der Waals surface area contributed by atoms with E-state index in [-0.39, 0.29) is 22.7 Å². The molecule has 0 saturated heterocycles. The summed E-state index contributed by atoms with van der Waals surface area (Å²) in [4.78, 5) is 74.2. The van der Waals surface area contributed by atoms with Crippen LogP contribution in [-0.4, -0.2) is 35.8 Å². The fourth-order valence-electron chi connectivity index (χ4n) is 9.41. The minimum Gasteiger partial charge on any atom is -0.422 e. The highest BCUT2D eigenvalue weighted by Crippen LogP contribution is 2.43. The summed E-state index contributed by atoms with van der Waals surface area (Å²) in [5.74, 6) is -0.766. The lowest BCUT2D eigenvalue weighted by Crippen LogP contribution is -2.11. The van der Waals surface area contributed by atoms with Gasteiger partial charge in [0, 0.05) is 32.0 Å². The van der Waals surface area contributed by atoms with Crippen molar-refractivity contribution in [2.75, 3.05) is 0 Å². The van der Waals surface area contributed by atoms with Gasteiger partial charge in [0.15, 0.2) is 23.0 Å². The second kappa shape index (κ2) is 18.4. The number of hydrogen-bond donors (Lipinski definition) is 0. The third-order valence-electron chi connectivity index (χ3n) is 12.7. The topological polar surface area (TPSA) is 158 Å². The first-order valence-electron chi connectivity index (χ1n) is 23.2. The van der Waals surface area contributed by atoms with Crippen molar-refractivity contribution in [2.45, 2.75) is 0 Å². The van der Waals surface area contributed by atoms with E-state index in [1.165, 1.54) is 0 Å². The Morgan fingerprint density at radius 2 is 0.459 bits per heavy atom. The Kier molecular flexibility index (Phi) is 11.1. The van der Waals surface area contributed by atoms with E-state index in [2.05, 4.69) is 0 Å². The number of fused-ring (bicyclic) bond motifs is 6. The molecule has 354 valence electrons. The van der Waals surface area contributed by atoms with Crippen LogP contribution in [-0.2, 0) is 38.2 Å². The van der Waals surface area contributed by atoms with Crippen LogP contribution >= 0.6 is 0 Å². The largest absolute Gasteiger partial charge is 0.422 e. The third-order valence-corrected chi connectivity index (χ3v) is 12.7. The Morgan fingerprint density at radius 1 is 0.216 bits per heavy atom. The normalized spacial score (nSPS) is 15.4. The van der Waals surface area contributed by atoms with Gasteiger partial charge in [0.05, 0.1) is 22.3 Å². The molecular weight excluding hydrogens is 937 g/mol. The van der Waals surface area contributed by atoms with E-state index in [1.807, 2.05) is 170 Å². The molecule has 12 nitrogen and oxygen atoms in total. The number of hydrogen-bond acceptors (Lipinski definition) is 12. The van der Waals surface area contributed by atoms with Crippen molar-refractivity contribution in [3.05, 3.63) is 272 Å². The fourth-order valence-corrected chi connectivity index (χ4v) is 9.41. The van der Waals surface area contributed by atoms with Crippen LogP contribution in [0.2, 0.25) is 0 Å². The van der Waals surface area contributed by atoms with Gasteiger partial charge >= 0.3 is 35.8 Å². The second-order valence-electron chi connectivity index (χ2n) is 17.1. The molecule has 0 bridgehead atoms. The molecule has 0 N–H and O–H groups in total. The lowest BCUT2D eigenvalue weighted by molar-refractivity contribution is -0.131. The van der Waals surface area contributed by atoms with Gasteiger partial charge in [-0.2, -0.15) is 0 Å². The molecule has 0 saturated carbocycles. The average molecular weight is 971 g/mol. The number of rotatable bonds is 6. The van der Waals surface area contributed by atoms with Crippen molar-refractivity contribution in [1.82, 2.24) is 0 Å². The molecule has 6 aliphatic heterocycles. The maximum Gasteiger partial charge on any atom is 0.348 e. The summed E-state index contributed by atoms with van der Waals surface area (Å²) in [7, 11) is 0. The summed E-state index contributed by atoms with van der Waals surface area (Å²) in [6, 6.07) is 62.4. The molecule has 74 heavy (non-hydrogen) atoms. The van der Waals surface area contributed by atoms with Crippen LogP contribution in [0.3, 0.4) is 0 Å². The molecule has 0 aromatic heterocycles. The molecule has 0 atom stereocenters. The van der Waals surface area contributed by atoms with Crippen molar-refractivity contribution in [1.29, 1.82) is 0 Å². The first-order valence-corrected chi connectivity index (χ1v) is 23.2. The van der Waals surface area contributed by atoms with Gasteiger partial charge in [0.25, 0.3) is 0 Å². The molecule has 8 aromatic carbocycles. The summed E-state index contributed by atoms with van der Waals surface area (Å²) in [6.45, 7) is 0. The van der Waals surface area contributed by atoms with Crippen LogP contribution in [0.25, 0.3) is 33.8 Å². The van der Waals surface area contributed by atoms with Crippen LogP contribution in [0.4, 0.5) is 0 Å². The molecule has 0 fully saturated rings. The van der Waals surface area contributed by atoms with Crippen molar-refractivity contribution in [2.24, 2.45) is 0 Å². The van der Waals surface area contributed by atoms with Crippen LogP contribution in [0.15, 0.2) is 217 Å². The SMILES string of the molecule is O=C1OC(c2ccccc2)=C2C(=O)OC(c3ccccc3)=C12.O=C1Oc2c3c(ccc2=C1c1ccccc1)=C(c1ccccc1)C(=O)O3.O=C1Oc2cc3c(cc2=C1c1ccccc1)OC(=O)C=3c1ccccc1. The molecule has 14 rings (SSSR count). The summed E-state index contributed by atoms with van der Waals surface area (Å²) in [5, 5.41) is 2.56. The van der Waals surface area contributed by atoms with Gasteiger partial charge in [-0.05, 0) is 46.5 Å². The van der Waals surface area contributed by atoms with E-state index in [1.54, 1.807) is 36.4 Å². The lowest BCUT2D eigenvalue weighted by Gasteiger charge is -2.05. The Labute approximate surface area is 419 Å². The Bertz CT molecular complexity index is 3720. The summed E-state index contributed by atoms with van der Waals surface area (Å²) >= 11 is 0. The number of carbonyl (C=O) groups excluding carboxylic acids is 6.